The predicted molar refractivity (Wildman–Crippen MR) is 168 cm³/mol. The molecule has 1 aliphatic rings. The van der Waals surface area contributed by atoms with Gasteiger partial charge in [-0.15, -0.1) is 0 Å². The van der Waals surface area contributed by atoms with E-state index in [1.54, 1.807) is 11.9 Å². The van der Waals surface area contributed by atoms with Crippen LogP contribution in [0.3, 0.4) is 0 Å². The standard InChI is InChI=1S/C35H40N4O3/c1-24(40)37-23-32(21-25-11-13-27-7-3-5-9-30(27)19-25)39(2)35(42)33(38-34(41)29-15-17-36-18-16-29)22-26-12-14-28-8-4-6-10-31(28)20-26/h3-14,19-20,29,32-33,36H,15-18,21-23H2,1-2H3,(H,37,40)(H,38,41)/t32-,33-/m1/s1. The van der Waals surface area contributed by atoms with Crippen molar-refractivity contribution in [1.82, 2.24) is 20.9 Å². The molecule has 3 N–H and O–H groups in total. The number of benzene rings is 4. The van der Waals surface area contributed by atoms with E-state index >= 15 is 0 Å². The van der Waals surface area contributed by atoms with Gasteiger partial charge in [0.05, 0.1) is 6.04 Å². The molecule has 7 heteroatoms. The van der Waals surface area contributed by atoms with E-state index in [-0.39, 0.29) is 29.7 Å². The number of hydrogen-bond donors (Lipinski definition) is 3. The topological polar surface area (TPSA) is 90.5 Å². The van der Waals surface area contributed by atoms with Crippen LogP contribution >= 0.6 is 0 Å². The zero-order valence-electron chi connectivity index (χ0n) is 24.4. The largest absolute Gasteiger partial charge is 0.354 e. The first-order valence-corrected chi connectivity index (χ1v) is 14.8. The van der Waals surface area contributed by atoms with Crippen LogP contribution in [0.25, 0.3) is 21.5 Å². The molecule has 7 nitrogen and oxygen atoms in total. The number of likely N-dealkylation sites (N-methyl/N-ethyl adjacent to an activating group) is 1. The van der Waals surface area contributed by atoms with Gasteiger partial charge in [-0.2, -0.15) is 0 Å². The van der Waals surface area contributed by atoms with Gasteiger partial charge in [0, 0.05) is 32.9 Å². The lowest BCUT2D eigenvalue weighted by molar-refractivity contribution is -0.138. The minimum absolute atomic E-state index is 0.0722. The molecule has 2 atom stereocenters. The molecule has 0 bridgehead atoms. The fourth-order valence-corrected chi connectivity index (χ4v) is 5.85. The first-order valence-electron chi connectivity index (χ1n) is 14.8. The summed E-state index contributed by atoms with van der Waals surface area (Å²) in [7, 11) is 1.78. The number of hydrogen-bond acceptors (Lipinski definition) is 4. The maximum atomic E-state index is 14.2. The Balaban J connectivity index is 1.40. The number of carbonyl (C=O) groups is 3. The zero-order chi connectivity index (χ0) is 29.5. The lowest BCUT2D eigenvalue weighted by atomic mass is 9.95. The highest BCUT2D eigenvalue weighted by atomic mass is 16.2. The Morgan fingerprint density at radius 2 is 1.36 bits per heavy atom. The Kier molecular flexibility index (Phi) is 9.49. The van der Waals surface area contributed by atoms with E-state index in [0.29, 0.717) is 19.4 Å². The van der Waals surface area contributed by atoms with E-state index in [4.69, 9.17) is 0 Å². The van der Waals surface area contributed by atoms with E-state index in [2.05, 4.69) is 70.5 Å². The molecule has 0 radical (unpaired) electrons. The van der Waals surface area contributed by atoms with E-state index in [1.807, 2.05) is 30.3 Å². The fourth-order valence-electron chi connectivity index (χ4n) is 5.85. The Labute approximate surface area is 247 Å². The van der Waals surface area contributed by atoms with Crippen molar-refractivity contribution in [3.63, 3.8) is 0 Å². The van der Waals surface area contributed by atoms with Crippen molar-refractivity contribution in [2.24, 2.45) is 5.92 Å². The number of carbonyl (C=O) groups excluding carboxylic acids is 3. The average Bonchev–Trinajstić information content (AvgIpc) is 3.02. The van der Waals surface area contributed by atoms with Crippen molar-refractivity contribution in [1.29, 1.82) is 0 Å². The van der Waals surface area contributed by atoms with Crippen molar-refractivity contribution in [2.45, 2.75) is 44.7 Å². The number of nitrogens with zero attached hydrogens (tertiary/aromatic N) is 1. The molecular formula is C35H40N4O3. The normalized spacial score (nSPS) is 15.2. The van der Waals surface area contributed by atoms with Gasteiger partial charge >= 0.3 is 0 Å². The summed E-state index contributed by atoms with van der Waals surface area (Å²) in [5.41, 5.74) is 2.06. The van der Waals surface area contributed by atoms with E-state index < -0.39 is 6.04 Å². The molecule has 4 aromatic carbocycles. The van der Waals surface area contributed by atoms with Gasteiger partial charge in [-0.3, -0.25) is 14.4 Å². The Hall–Kier alpha value is -4.23. The van der Waals surface area contributed by atoms with Crippen LogP contribution in [-0.4, -0.2) is 61.4 Å². The van der Waals surface area contributed by atoms with Gasteiger partial charge in [-0.25, -0.2) is 0 Å². The lowest BCUT2D eigenvalue weighted by Gasteiger charge is -2.33. The number of piperidine rings is 1. The van der Waals surface area contributed by atoms with Crippen LogP contribution in [0.5, 0.6) is 0 Å². The first kappa shape index (κ1) is 29.3. The molecule has 42 heavy (non-hydrogen) atoms. The molecule has 5 rings (SSSR count). The summed E-state index contributed by atoms with van der Waals surface area (Å²) >= 11 is 0. The monoisotopic (exact) mass is 564 g/mol. The van der Waals surface area contributed by atoms with Crippen LogP contribution < -0.4 is 16.0 Å². The highest BCUT2D eigenvalue weighted by molar-refractivity contribution is 5.89. The van der Waals surface area contributed by atoms with Gasteiger partial charge in [0.1, 0.15) is 6.04 Å². The average molecular weight is 565 g/mol. The smallest absolute Gasteiger partial charge is 0.245 e. The molecule has 0 aromatic heterocycles. The van der Waals surface area contributed by atoms with Crippen molar-refractivity contribution < 1.29 is 14.4 Å². The van der Waals surface area contributed by atoms with Crippen LogP contribution in [0.15, 0.2) is 84.9 Å². The Bertz CT molecular complexity index is 1560. The van der Waals surface area contributed by atoms with E-state index in [9.17, 15) is 14.4 Å². The van der Waals surface area contributed by atoms with Crippen LogP contribution in [0.2, 0.25) is 0 Å². The van der Waals surface area contributed by atoms with E-state index in [0.717, 1.165) is 58.6 Å². The highest BCUT2D eigenvalue weighted by Crippen LogP contribution is 2.21. The van der Waals surface area contributed by atoms with Crippen molar-refractivity contribution in [2.75, 3.05) is 26.7 Å². The molecule has 4 aromatic rings. The summed E-state index contributed by atoms with van der Waals surface area (Å²) in [5.74, 6) is -0.499. The van der Waals surface area contributed by atoms with Crippen molar-refractivity contribution in [3.8, 4) is 0 Å². The van der Waals surface area contributed by atoms with Crippen LogP contribution in [0.1, 0.15) is 30.9 Å². The van der Waals surface area contributed by atoms with Gasteiger partial charge < -0.3 is 20.9 Å². The second-order valence-corrected chi connectivity index (χ2v) is 11.4. The van der Waals surface area contributed by atoms with Crippen molar-refractivity contribution in [3.05, 3.63) is 96.1 Å². The van der Waals surface area contributed by atoms with E-state index in [1.165, 1.54) is 6.92 Å². The molecular weight excluding hydrogens is 524 g/mol. The molecule has 1 fully saturated rings. The number of nitrogens with one attached hydrogen (secondary N) is 3. The van der Waals surface area contributed by atoms with Crippen molar-refractivity contribution >= 4 is 39.3 Å². The third-order valence-corrected chi connectivity index (χ3v) is 8.35. The third-order valence-electron chi connectivity index (χ3n) is 8.35. The summed E-state index contributed by atoms with van der Waals surface area (Å²) in [6, 6.07) is 27.8. The highest BCUT2D eigenvalue weighted by Gasteiger charge is 2.31. The van der Waals surface area contributed by atoms with Gasteiger partial charge in [-0.05, 0) is 65.0 Å². The lowest BCUT2D eigenvalue weighted by Crippen LogP contribution is -2.55. The van der Waals surface area contributed by atoms with Gasteiger partial charge in [-0.1, -0.05) is 84.9 Å². The quantitative estimate of drug-likeness (QED) is 0.269. The maximum absolute atomic E-state index is 14.2. The second-order valence-electron chi connectivity index (χ2n) is 11.4. The molecule has 0 spiro atoms. The molecule has 0 unspecified atom stereocenters. The number of fused-ring (bicyclic) bond motifs is 2. The molecule has 1 heterocycles. The Morgan fingerprint density at radius 1 is 0.810 bits per heavy atom. The third kappa shape index (κ3) is 7.34. The summed E-state index contributed by atoms with van der Waals surface area (Å²) in [6.07, 6.45) is 2.46. The molecule has 3 amide bonds. The molecule has 1 saturated heterocycles. The number of rotatable bonds is 10. The minimum Gasteiger partial charge on any atom is -0.354 e. The summed E-state index contributed by atoms with van der Waals surface area (Å²) < 4.78 is 0. The second kappa shape index (κ2) is 13.6. The number of amides is 3. The maximum Gasteiger partial charge on any atom is 0.245 e. The SMILES string of the molecule is CC(=O)NC[C@@H](Cc1ccc2ccccc2c1)N(C)C(=O)[C@@H](Cc1ccc2ccccc2c1)NC(=O)C1CCNCC1. The minimum atomic E-state index is -0.727. The summed E-state index contributed by atoms with van der Waals surface area (Å²) in [6.45, 7) is 3.39. The molecule has 218 valence electrons. The summed E-state index contributed by atoms with van der Waals surface area (Å²) in [4.78, 5) is 41.2. The predicted octanol–water partition coefficient (Wildman–Crippen LogP) is 4.23. The van der Waals surface area contributed by atoms with Gasteiger partial charge in [0.15, 0.2) is 0 Å². The Morgan fingerprint density at radius 3 is 1.93 bits per heavy atom. The summed E-state index contributed by atoms with van der Waals surface area (Å²) in [5, 5.41) is 13.9. The molecule has 1 aliphatic heterocycles. The molecule has 0 aliphatic carbocycles. The first-order chi connectivity index (χ1) is 20.4. The zero-order valence-corrected chi connectivity index (χ0v) is 24.4. The molecule has 0 saturated carbocycles. The van der Waals surface area contributed by atoms with Crippen LogP contribution in [0.4, 0.5) is 0 Å². The van der Waals surface area contributed by atoms with Gasteiger partial charge in [0.2, 0.25) is 17.7 Å². The van der Waals surface area contributed by atoms with Gasteiger partial charge in [0.25, 0.3) is 0 Å². The van der Waals surface area contributed by atoms with Crippen LogP contribution in [0, 0.1) is 5.92 Å². The fraction of sp³-hybridized carbons (Fsp3) is 0.343. The van der Waals surface area contributed by atoms with Crippen LogP contribution in [-0.2, 0) is 27.2 Å².